The van der Waals surface area contributed by atoms with Gasteiger partial charge in [0.15, 0.2) is 0 Å². The standard InChI is InChI=1S/C18H24N4O6S2/c1-3-28-18(23)12-22-17-9-5-8-16(15(17)11-19-22)21-30(26,27)14-7-4-6-13(10-14)20-29(2,24)25/h4,6-7,10-11,16,20-21H,3,5,8-9,12H2,1-2H3. The number of rotatable bonds is 8. The molecule has 30 heavy (non-hydrogen) atoms. The van der Waals surface area contributed by atoms with Gasteiger partial charge in [-0.1, -0.05) is 6.07 Å². The molecule has 3 rings (SSSR count). The van der Waals surface area contributed by atoms with E-state index in [1.807, 2.05) is 0 Å². The lowest BCUT2D eigenvalue weighted by atomic mass is 9.94. The van der Waals surface area contributed by atoms with E-state index in [-0.39, 0.29) is 23.7 Å². The van der Waals surface area contributed by atoms with Gasteiger partial charge in [0.25, 0.3) is 0 Å². The van der Waals surface area contributed by atoms with Crippen LogP contribution in [-0.4, -0.2) is 45.4 Å². The van der Waals surface area contributed by atoms with Crippen molar-refractivity contribution in [1.29, 1.82) is 0 Å². The highest BCUT2D eigenvalue weighted by Gasteiger charge is 2.29. The van der Waals surface area contributed by atoms with E-state index in [1.165, 1.54) is 24.3 Å². The highest BCUT2D eigenvalue weighted by molar-refractivity contribution is 7.92. The molecule has 1 unspecified atom stereocenters. The molecule has 0 radical (unpaired) electrons. The van der Waals surface area contributed by atoms with Crippen LogP contribution in [-0.2, 0) is 42.5 Å². The quantitative estimate of drug-likeness (QED) is 0.569. The summed E-state index contributed by atoms with van der Waals surface area (Å²) in [5.74, 6) is -0.402. The van der Waals surface area contributed by atoms with Crippen molar-refractivity contribution in [2.45, 2.75) is 43.7 Å². The molecule has 0 saturated carbocycles. The molecule has 10 nitrogen and oxygen atoms in total. The number of nitrogens with zero attached hydrogens (tertiary/aromatic N) is 2. The van der Waals surface area contributed by atoms with Crippen LogP contribution < -0.4 is 9.44 Å². The summed E-state index contributed by atoms with van der Waals surface area (Å²) in [6, 6.07) is 5.09. The van der Waals surface area contributed by atoms with Gasteiger partial charge in [0.2, 0.25) is 20.0 Å². The number of ether oxygens (including phenoxy) is 1. The summed E-state index contributed by atoms with van der Waals surface area (Å²) in [6.45, 7) is 1.97. The maximum Gasteiger partial charge on any atom is 0.327 e. The molecule has 2 aromatic rings. The lowest BCUT2D eigenvalue weighted by Crippen LogP contribution is -2.31. The Hall–Kier alpha value is -2.44. The van der Waals surface area contributed by atoms with Crippen molar-refractivity contribution in [2.75, 3.05) is 17.6 Å². The van der Waals surface area contributed by atoms with Crippen LogP contribution in [0.1, 0.15) is 37.1 Å². The second-order valence-corrected chi connectivity index (χ2v) is 10.4. The van der Waals surface area contributed by atoms with Gasteiger partial charge in [0, 0.05) is 16.9 Å². The number of hydrogen-bond donors (Lipinski definition) is 2. The van der Waals surface area contributed by atoms with E-state index in [0.717, 1.165) is 23.9 Å². The fraction of sp³-hybridized carbons (Fsp3) is 0.444. The second kappa shape index (κ2) is 8.74. The van der Waals surface area contributed by atoms with Gasteiger partial charge in [-0.2, -0.15) is 5.10 Å². The Bertz CT molecular complexity index is 1140. The van der Waals surface area contributed by atoms with Gasteiger partial charge < -0.3 is 4.74 Å². The van der Waals surface area contributed by atoms with Crippen LogP contribution in [0.3, 0.4) is 0 Å². The molecule has 0 fully saturated rings. The maximum atomic E-state index is 12.9. The van der Waals surface area contributed by atoms with Crippen molar-refractivity contribution < 1.29 is 26.4 Å². The number of aromatic nitrogens is 2. The van der Waals surface area contributed by atoms with Gasteiger partial charge in [-0.05, 0) is 44.4 Å². The number of fused-ring (bicyclic) bond motifs is 1. The summed E-state index contributed by atoms with van der Waals surface area (Å²) in [5.41, 5.74) is 1.68. The fourth-order valence-electron chi connectivity index (χ4n) is 3.40. The molecular weight excluding hydrogens is 432 g/mol. The smallest absolute Gasteiger partial charge is 0.327 e. The molecule has 1 aliphatic rings. The lowest BCUT2D eigenvalue weighted by molar-refractivity contribution is -0.144. The van der Waals surface area contributed by atoms with Crippen LogP contribution in [0.15, 0.2) is 35.4 Å². The molecule has 0 saturated heterocycles. The van der Waals surface area contributed by atoms with E-state index >= 15 is 0 Å². The first kappa shape index (κ1) is 22.2. The van der Waals surface area contributed by atoms with Crippen LogP contribution in [0.25, 0.3) is 0 Å². The molecule has 1 aromatic carbocycles. The normalized spacial score (nSPS) is 16.7. The Morgan fingerprint density at radius 2 is 2.07 bits per heavy atom. The summed E-state index contributed by atoms with van der Waals surface area (Å²) < 4.78 is 60.1. The molecule has 0 amide bonds. The number of nitrogens with one attached hydrogen (secondary N) is 2. The molecule has 0 bridgehead atoms. The van der Waals surface area contributed by atoms with Crippen molar-refractivity contribution >= 4 is 31.7 Å². The zero-order valence-corrected chi connectivity index (χ0v) is 18.3. The third kappa shape index (κ3) is 5.37. The summed E-state index contributed by atoms with van der Waals surface area (Å²) in [4.78, 5) is 11.7. The molecule has 0 aliphatic heterocycles. The second-order valence-electron chi connectivity index (χ2n) is 6.98. The Morgan fingerprint density at radius 3 is 2.77 bits per heavy atom. The van der Waals surface area contributed by atoms with Gasteiger partial charge in [-0.15, -0.1) is 0 Å². The van der Waals surface area contributed by atoms with Crippen LogP contribution in [0.2, 0.25) is 0 Å². The number of anilines is 1. The molecule has 1 heterocycles. The van der Waals surface area contributed by atoms with Gasteiger partial charge in [-0.25, -0.2) is 21.6 Å². The predicted molar refractivity (Wildman–Crippen MR) is 110 cm³/mol. The first-order valence-electron chi connectivity index (χ1n) is 9.39. The van der Waals surface area contributed by atoms with E-state index in [1.54, 1.807) is 17.8 Å². The highest BCUT2D eigenvalue weighted by atomic mass is 32.2. The van der Waals surface area contributed by atoms with Crippen molar-refractivity contribution in [1.82, 2.24) is 14.5 Å². The summed E-state index contributed by atoms with van der Waals surface area (Å²) in [5, 5.41) is 4.23. The predicted octanol–water partition coefficient (Wildman–Crippen LogP) is 1.17. The number of esters is 1. The van der Waals surface area contributed by atoms with E-state index in [0.29, 0.717) is 12.8 Å². The van der Waals surface area contributed by atoms with E-state index in [2.05, 4.69) is 14.5 Å². The fourth-order valence-corrected chi connectivity index (χ4v) is 5.25. The summed E-state index contributed by atoms with van der Waals surface area (Å²) in [6.07, 6.45) is 4.55. The third-order valence-electron chi connectivity index (χ3n) is 4.59. The molecule has 1 aliphatic carbocycles. The highest BCUT2D eigenvalue weighted by Crippen LogP contribution is 2.31. The van der Waals surface area contributed by atoms with Crippen molar-refractivity contribution in [3.63, 3.8) is 0 Å². The topological polar surface area (TPSA) is 136 Å². The van der Waals surface area contributed by atoms with E-state index in [4.69, 9.17) is 4.74 Å². The Kier molecular flexibility index (Phi) is 6.48. The zero-order valence-electron chi connectivity index (χ0n) is 16.7. The van der Waals surface area contributed by atoms with E-state index < -0.39 is 32.1 Å². The Balaban J connectivity index is 1.81. The van der Waals surface area contributed by atoms with Gasteiger partial charge in [0.1, 0.15) is 6.54 Å². The number of hydrogen-bond acceptors (Lipinski definition) is 7. The molecule has 1 atom stereocenters. The lowest BCUT2D eigenvalue weighted by Gasteiger charge is -2.24. The number of benzene rings is 1. The molecule has 0 spiro atoms. The largest absolute Gasteiger partial charge is 0.465 e. The average molecular weight is 457 g/mol. The Morgan fingerprint density at radius 1 is 1.30 bits per heavy atom. The monoisotopic (exact) mass is 456 g/mol. The first-order valence-corrected chi connectivity index (χ1v) is 12.8. The minimum Gasteiger partial charge on any atom is -0.465 e. The summed E-state index contributed by atoms with van der Waals surface area (Å²) in [7, 11) is -7.45. The Labute approximate surface area is 175 Å². The SMILES string of the molecule is CCOC(=O)Cn1ncc2c1CCCC2NS(=O)(=O)c1cccc(NS(C)(=O)=O)c1. The third-order valence-corrected chi connectivity index (χ3v) is 6.67. The minimum absolute atomic E-state index is 0.0259. The molecule has 12 heteroatoms. The minimum atomic E-state index is -3.92. The van der Waals surface area contributed by atoms with E-state index in [9.17, 15) is 21.6 Å². The van der Waals surface area contributed by atoms with Crippen LogP contribution in [0.4, 0.5) is 5.69 Å². The number of carbonyl (C=O) groups excluding carboxylic acids is 1. The average Bonchev–Trinajstić information content (AvgIpc) is 3.04. The first-order chi connectivity index (χ1) is 14.1. The van der Waals surface area contributed by atoms with Crippen molar-refractivity contribution in [3.8, 4) is 0 Å². The van der Waals surface area contributed by atoms with Gasteiger partial charge >= 0.3 is 5.97 Å². The molecule has 164 valence electrons. The van der Waals surface area contributed by atoms with Crippen molar-refractivity contribution in [3.05, 3.63) is 41.7 Å². The molecule has 1 aromatic heterocycles. The van der Waals surface area contributed by atoms with Gasteiger partial charge in [-0.3, -0.25) is 14.2 Å². The zero-order chi connectivity index (χ0) is 21.9. The van der Waals surface area contributed by atoms with Crippen LogP contribution in [0.5, 0.6) is 0 Å². The van der Waals surface area contributed by atoms with Crippen molar-refractivity contribution in [2.24, 2.45) is 0 Å². The number of sulfonamides is 2. The van der Waals surface area contributed by atoms with Crippen LogP contribution >= 0.6 is 0 Å². The maximum absolute atomic E-state index is 12.9. The van der Waals surface area contributed by atoms with Gasteiger partial charge in [0.05, 0.1) is 30.0 Å². The number of carbonyl (C=O) groups is 1. The molecular formula is C18H24N4O6S2. The van der Waals surface area contributed by atoms with Crippen LogP contribution in [0, 0.1) is 0 Å². The molecule has 2 N–H and O–H groups in total. The summed E-state index contributed by atoms with van der Waals surface area (Å²) >= 11 is 0.